The number of halogens is 1. The molecule has 0 amide bonds. The fourth-order valence-electron chi connectivity index (χ4n) is 2.37. The zero-order valence-corrected chi connectivity index (χ0v) is 13.9. The molecule has 0 saturated carbocycles. The molecule has 2 heterocycles. The quantitative estimate of drug-likeness (QED) is 0.813. The number of thioether (sulfide) groups is 1. The van der Waals surface area contributed by atoms with Crippen molar-refractivity contribution in [3.63, 3.8) is 0 Å². The molecule has 1 N–H and O–H groups in total. The van der Waals surface area contributed by atoms with E-state index in [1.165, 1.54) is 6.42 Å². The van der Waals surface area contributed by atoms with Gasteiger partial charge in [0, 0.05) is 36.8 Å². The second-order valence-electron chi connectivity index (χ2n) is 5.17. The van der Waals surface area contributed by atoms with Gasteiger partial charge in [-0.2, -0.15) is 11.8 Å². The molecule has 1 unspecified atom stereocenters. The predicted molar refractivity (Wildman–Crippen MR) is 90.0 cm³/mol. The molecule has 20 heavy (non-hydrogen) atoms. The molecule has 1 aromatic rings. The van der Waals surface area contributed by atoms with Crippen LogP contribution in [0, 0.1) is 0 Å². The normalized spacial score (nSPS) is 19.4. The standard InChI is InChI=1S/C15H24ClN3S/c1-3-5-17-9-12-8-14(16)15(18-10-12)19-6-7-20-13(4-2)11-19/h8,10,13,17H,3-7,9,11H2,1-2H3. The van der Waals surface area contributed by atoms with E-state index in [1.54, 1.807) is 0 Å². The molecular formula is C15H24ClN3S. The summed E-state index contributed by atoms with van der Waals surface area (Å²) in [7, 11) is 0. The molecule has 1 aromatic heterocycles. The Kier molecular flexibility index (Phi) is 6.46. The Labute approximate surface area is 131 Å². The first kappa shape index (κ1) is 15.9. The van der Waals surface area contributed by atoms with Crippen molar-refractivity contribution in [2.75, 3.05) is 30.3 Å². The Morgan fingerprint density at radius 2 is 2.35 bits per heavy atom. The van der Waals surface area contributed by atoms with Crippen molar-refractivity contribution >= 4 is 29.2 Å². The molecule has 2 rings (SSSR count). The first-order valence-electron chi connectivity index (χ1n) is 7.46. The molecule has 0 spiro atoms. The van der Waals surface area contributed by atoms with Gasteiger partial charge in [-0.15, -0.1) is 0 Å². The molecule has 0 bridgehead atoms. The monoisotopic (exact) mass is 313 g/mol. The molecule has 112 valence electrons. The van der Waals surface area contributed by atoms with E-state index in [2.05, 4.69) is 46.9 Å². The minimum atomic E-state index is 0.701. The number of nitrogens with zero attached hydrogens (tertiary/aromatic N) is 2. The minimum Gasteiger partial charge on any atom is -0.353 e. The molecule has 1 atom stereocenters. The summed E-state index contributed by atoms with van der Waals surface area (Å²) in [5.41, 5.74) is 1.16. The number of aromatic nitrogens is 1. The van der Waals surface area contributed by atoms with Crippen molar-refractivity contribution in [3.05, 3.63) is 22.8 Å². The molecule has 1 saturated heterocycles. The maximum Gasteiger partial charge on any atom is 0.147 e. The van der Waals surface area contributed by atoms with Gasteiger partial charge in [0.15, 0.2) is 0 Å². The Hall–Kier alpha value is -0.450. The zero-order valence-electron chi connectivity index (χ0n) is 12.4. The first-order chi connectivity index (χ1) is 9.74. The topological polar surface area (TPSA) is 28.2 Å². The van der Waals surface area contributed by atoms with E-state index in [1.807, 2.05) is 6.20 Å². The number of anilines is 1. The lowest BCUT2D eigenvalue weighted by atomic mass is 10.2. The zero-order chi connectivity index (χ0) is 14.4. The minimum absolute atomic E-state index is 0.701. The molecule has 1 aliphatic rings. The van der Waals surface area contributed by atoms with E-state index in [0.717, 1.165) is 54.8 Å². The van der Waals surface area contributed by atoms with Crippen molar-refractivity contribution in [3.8, 4) is 0 Å². The van der Waals surface area contributed by atoms with Crippen LogP contribution in [-0.2, 0) is 6.54 Å². The van der Waals surface area contributed by atoms with Gasteiger partial charge < -0.3 is 10.2 Å². The van der Waals surface area contributed by atoms with Gasteiger partial charge in [-0.1, -0.05) is 25.4 Å². The summed E-state index contributed by atoms with van der Waals surface area (Å²) in [6, 6.07) is 2.05. The molecular weight excluding hydrogens is 290 g/mol. The van der Waals surface area contributed by atoms with Gasteiger partial charge in [0.2, 0.25) is 0 Å². The van der Waals surface area contributed by atoms with Crippen molar-refractivity contribution in [2.45, 2.75) is 38.5 Å². The van der Waals surface area contributed by atoms with Crippen LogP contribution in [-0.4, -0.2) is 35.6 Å². The van der Waals surface area contributed by atoms with E-state index < -0.39 is 0 Å². The van der Waals surface area contributed by atoms with Gasteiger partial charge in [-0.05, 0) is 31.0 Å². The summed E-state index contributed by atoms with van der Waals surface area (Å²) in [5, 5.41) is 4.86. The van der Waals surface area contributed by atoms with Crippen molar-refractivity contribution in [1.29, 1.82) is 0 Å². The average Bonchev–Trinajstić information content (AvgIpc) is 2.48. The first-order valence-corrected chi connectivity index (χ1v) is 8.89. The van der Waals surface area contributed by atoms with Crippen molar-refractivity contribution < 1.29 is 0 Å². The van der Waals surface area contributed by atoms with E-state index in [-0.39, 0.29) is 0 Å². The third kappa shape index (κ3) is 4.27. The fraction of sp³-hybridized carbons (Fsp3) is 0.667. The summed E-state index contributed by atoms with van der Waals surface area (Å²) in [4.78, 5) is 6.92. The predicted octanol–water partition coefficient (Wildman–Crippen LogP) is 3.57. The highest BCUT2D eigenvalue weighted by Crippen LogP contribution is 2.29. The van der Waals surface area contributed by atoms with Gasteiger partial charge in [0.25, 0.3) is 0 Å². The number of nitrogens with one attached hydrogen (secondary N) is 1. The molecule has 0 radical (unpaired) electrons. The maximum atomic E-state index is 6.43. The van der Waals surface area contributed by atoms with Gasteiger partial charge >= 0.3 is 0 Å². The van der Waals surface area contributed by atoms with Crippen LogP contribution in [0.25, 0.3) is 0 Å². The summed E-state index contributed by atoms with van der Waals surface area (Å²) < 4.78 is 0. The van der Waals surface area contributed by atoms with Crippen LogP contribution in [0.1, 0.15) is 32.3 Å². The van der Waals surface area contributed by atoms with Gasteiger partial charge in [-0.25, -0.2) is 4.98 Å². The van der Waals surface area contributed by atoms with Crippen molar-refractivity contribution in [1.82, 2.24) is 10.3 Å². The van der Waals surface area contributed by atoms with E-state index in [0.29, 0.717) is 5.25 Å². The lowest BCUT2D eigenvalue weighted by Crippen LogP contribution is -2.38. The van der Waals surface area contributed by atoms with Crippen LogP contribution in [0.3, 0.4) is 0 Å². The van der Waals surface area contributed by atoms with Gasteiger partial charge in [0.1, 0.15) is 5.82 Å². The van der Waals surface area contributed by atoms with Crippen LogP contribution in [0.2, 0.25) is 5.02 Å². The van der Waals surface area contributed by atoms with E-state index >= 15 is 0 Å². The van der Waals surface area contributed by atoms with Gasteiger partial charge in [-0.3, -0.25) is 0 Å². The maximum absolute atomic E-state index is 6.43. The highest BCUT2D eigenvalue weighted by atomic mass is 35.5. The number of hydrogen-bond acceptors (Lipinski definition) is 4. The summed E-state index contributed by atoms with van der Waals surface area (Å²) >= 11 is 8.49. The molecule has 0 aliphatic carbocycles. The lowest BCUT2D eigenvalue weighted by Gasteiger charge is -2.33. The van der Waals surface area contributed by atoms with Crippen LogP contribution in [0.4, 0.5) is 5.82 Å². The van der Waals surface area contributed by atoms with Gasteiger partial charge in [0.05, 0.1) is 5.02 Å². The van der Waals surface area contributed by atoms with E-state index in [9.17, 15) is 0 Å². The highest BCUT2D eigenvalue weighted by molar-refractivity contribution is 8.00. The van der Waals surface area contributed by atoms with Crippen LogP contribution in [0.5, 0.6) is 0 Å². The summed E-state index contributed by atoms with van der Waals surface area (Å²) in [6.45, 7) is 8.39. The SMILES string of the molecule is CCCNCc1cnc(N2CCSC(CC)C2)c(Cl)c1. The van der Waals surface area contributed by atoms with Crippen LogP contribution < -0.4 is 10.2 Å². The third-order valence-electron chi connectivity index (χ3n) is 3.53. The third-order valence-corrected chi connectivity index (χ3v) is 5.18. The Morgan fingerprint density at radius 3 is 3.05 bits per heavy atom. The Balaban J connectivity index is 2.01. The smallest absolute Gasteiger partial charge is 0.147 e. The second-order valence-corrected chi connectivity index (χ2v) is 6.99. The molecule has 3 nitrogen and oxygen atoms in total. The Bertz CT molecular complexity index is 428. The largest absolute Gasteiger partial charge is 0.353 e. The highest BCUT2D eigenvalue weighted by Gasteiger charge is 2.21. The summed E-state index contributed by atoms with van der Waals surface area (Å²) in [6.07, 6.45) is 4.30. The number of rotatable bonds is 6. The van der Waals surface area contributed by atoms with E-state index in [4.69, 9.17) is 11.6 Å². The number of hydrogen-bond donors (Lipinski definition) is 1. The summed E-state index contributed by atoms with van der Waals surface area (Å²) in [5.74, 6) is 2.11. The molecule has 1 aliphatic heterocycles. The second kappa shape index (κ2) is 8.11. The van der Waals surface area contributed by atoms with Crippen LogP contribution in [0.15, 0.2) is 12.3 Å². The molecule has 0 aromatic carbocycles. The molecule has 5 heteroatoms. The average molecular weight is 314 g/mol. The lowest BCUT2D eigenvalue weighted by molar-refractivity contribution is 0.673. The molecule has 1 fully saturated rings. The Morgan fingerprint density at radius 1 is 1.50 bits per heavy atom. The van der Waals surface area contributed by atoms with Crippen LogP contribution >= 0.6 is 23.4 Å². The number of pyridine rings is 1. The van der Waals surface area contributed by atoms with Crippen molar-refractivity contribution in [2.24, 2.45) is 0 Å². The fourth-order valence-corrected chi connectivity index (χ4v) is 3.86.